The highest BCUT2D eigenvalue weighted by molar-refractivity contribution is 5.91. The smallest absolute Gasteiger partial charge is 0.221 e. The molecule has 2 aromatic rings. The second-order valence-corrected chi connectivity index (χ2v) is 3.29. The van der Waals surface area contributed by atoms with Crippen molar-refractivity contribution >= 4 is 22.6 Å². The number of carbonyl (C=O) groups is 1. The van der Waals surface area contributed by atoms with Gasteiger partial charge in [-0.1, -0.05) is 7.43 Å². The summed E-state index contributed by atoms with van der Waals surface area (Å²) in [5.74, 6) is 0.799. The molecule has 1 heterocycles. The number of hydrogen-bond acceptors (Lipinski definition) is 2. The molecule has 0 bridgehead atoms. The maximum absolute atomic E-state index is 10.8. The lowest BCUT2D eigenvalue weighted by Crippen LogP contribution is -2.05. The van der Waals surface area contributed by atoms with Crippen molar-refractivity contribution in [2.75, 3.05) is 5.32 Å². The number of rotatable bonds is 1. The lowest BCUT2D eigenvalue weighted by Gasteiger charge is -2.00. The Bertz CT molecular complexity index is 485. The maximum Gasteiger partial charge on any atom is 0.221 e. The summed E-state index contributed by atoms with van der Waals surface area (Å²) in [6.07, 6.45) is 0. The van der Waals surface area contributed by atoms with Crippen molar-refractivity contribution < 1.29 is 9.21 Å². The molecule has 3 heteroatoms. The number of hydrogen-bond donors (Lipinski definition) is 1. The van der Waals surface area contributed by atoms with Crippen LogP contribution in [0.25, 0.3) is 11.0 Å². The van der Waals surface area contributed by atoms with Gasteiger partial charge in [-0.2, -0.15) is 0 Å². The SMILES string of the molecule is C.CC(=O)Nc1ccc2cc(C)oc2c1. The van der Waals surface area contributed by atoms with E-state index in [1.165, 1.54) is 6.92 Å². The molecule has 0 radical (unpaired) electrons. The number of anilines is 1. The molecule has 1 aromatic carbocycles. The number of nitrogens with one attached hydrogen (secondary N) is 1. The van der Waals surface area contributed by atoms with Gasteiger partial charge in [0.05, 0.1) is 0 Å². The third-order valence-electron chi connectivity index (χ3n) is 1.96. The van der Waals surface area contributed by atoms with Crippen LogP contribution < -0.4 is 5.32 Å². The summed E-state index contributed by atoms with van der Waals surface area (Å²) in [4.78, 5) is 10.8. The topological polar surface area (TPSA) is 42.2 Å². The first-order valence-corrected chi connectivity index (χ1v) is 4.43. The van der Waals surface area contributed by atoms with Crippen LogP contribution in [0.2, 0.25) is 0 Å². The van der Waals surface area contributed by atoms with Crippen LogP contribution in [0.5, 0.6) is 0 Å². The molecular weight excluding hydrogens is 190 g/mol. The Morgan fingerprint density at radius 1 is 1.33 bits per heavy atom. The Morgan fingerprint density at radius 2 is 2.07 bits per heavy atom. The first-order chi connectivity index (χ1) is 6.65. The van der Waals surface area contributed by atoms with Crippen molar-refractivity contribution in [1.29, 1.82) is 0 Å². The number of aryl methyl sites for hydroxylation is 1. The van der Waals surface area contributed by atoms with Gasteiger partial charge in [0.2, 0.25) is 5.91 Å². The van der Waals surface area contributed by atoms with Crippen LogP contribution >= 0.6 is 0 Å². The number of carbonyl (C=O) groups excluding carboxylic acids is 1. The van der Waals surface area contributed by atoms with Crippen molar-refractivity contribution in [3.05, 3.63) is 30.0 Å². The molecule has 0 saturated carbocycles. The largest absolute Gasteiger partial charge is 0.461 e. The molecule has 1 aromatic heterocycles. The van der Waals surface area contributed by atoms with Crippen molar-refractivity contribution in [3.63, 3.8) is 0 Å². The predicted octanol–water partition coefficient (Wildman–Crippen LogP) is 3.34. The summed E-state index contributed by atoms with van der Waals surface area (Å²) in [6.45, 7) is 3.38. The zero-order valence-corrected chi connectivity index (χ0v) is 8.13. The summed E-state index contributed by atoms with van der Waals surface area (Å²) >= 11 is 0. The average Bonchev–Trinajstić information content (AvgIpc) is 2.42. The average molecular weight is 205 g/mol. The predicted molar refractivity (Wildman–Crippen MR) is 62.0 cm³/mol. The molecule has 3 nitrogen and oxygen atoms in total. The van der Waals surface area contributed by atoms with Crippen LogP contribution in [0.1, 0.15) is 20.1 Å². The second kappa shape index (κ2) is 4.17. The first-order valence-electron chi connectivity index (χ1n) is 4.43. The summed E-state index contributed by atoms with van der Waals surface area (Å²) in [7, 11) is 0. The lowest BCUT2D eigenvalue weighted by molar-refractivity contribution is -0.114. The highest BCUT2D eigenvalue weighted by Gasteiger charge is 2.02. The van der Waals surface area contributed by atoms with Gasteiger partial charge in [0.1, 0.15) is 11.3 Å². The molecule has 0 saturated heterocycles. The highest BCUT2D eigenvalue weighted by Crippen LogP contribution is 2.22. The van der Waals surface area contributed by atoms with Crippen LogP contribution in [0.15, 0.2) is 28.7 Å². The van der Waals surface area contributed by atoms with E-state index in [0.29, 0.717) is 0 Å². The molecule has 0 aliphatic rings. The van der Waals surface area contributed by atoms with Crippen LogP contribution in [0, 0.1) is 6.92 Å². The van der Waals surface area contributed by atoms with E-state index in [-0.39, 0.29) is 13.3 Å². The fourth-order valence-corrected chi connectivity index (χ4v) is 1.44. The molecule has 1 amide bonds. The molecule has 0 spiro atoms. The van der Waals surface area contributed by atoms with Gasteiger partial charge < -0.3 is 9.73 Å². The molecular formula is C12H15NO2. The van der Waals surface area contributed by atoms with Crippen molar-refractivity contribution in [2.45, 2.75) is 21.3 Å². The zero-order chi connectivity index (χ0) is 10.1. The monoisotopic (exact) mass is 205 g/mol. The summed E-state index contributed by atoms with van der Waals surface area (Å²) in [5, 5.41) is 3.76. The van der Waals surface area contributed by atoms with Gasteiger partial charge in [-0.3, -0.25) is 4.79 Å². The summed E-state index contributed by atoms with van der Waals surface area (Å²) in [6, 6.07) is 7.58. The standard InChI is InChI=1S/C11H11NO2.CH4/c1-7-5-9-3-4-10(12-8(2)13)6-11(9)14-7;/h3-6H,1-2H3,(H,12,13);1H4. The van der Waals surface area contributed by atoms with Crippen LogP contribution in [0.4, 0.5) is 5.69 Å². The van der Waals surface area contributed by atoms with E-state index in [1.54, 1.807) is 0 Å². The molecule has 0 atom stereocenters. The van der Waals surface area contributed by atoms with Gasteiger partial charge in [0, 0.05) is 24.1 Å². The summed E-state index contributed by atoms with van der Waals surface area (Å²) in [5.41, 5.74) is 1.56. The molecule has 2 rings (SSSR count). The van der Waals surface area contributed by atoms with Gasteiger partial charge in [0.25, 0.3) is 0 Å². The number of furan rings is 1. The van der Waals surface area contributed by atoms with Crippen molar-refractivity contribution in [2.24, 2.45) is 0 Å². The van der Waals surface area contributed by atoms with Gasteiger partial charge in [-0.15, -0.1) is 0 Å². The zero-order valence-electron chi connectivity index (χ0n) is 8.13. The van der Waals surface area contributed by atoms with Crippen molar-refractivity contribution in [1.82, 2.24) is 0 Å². The van der Waals surface area contributed by atoms with E-state index in [2.05, 4.69) is 5.32 Å². The van der Waals surface area contributed by atoms with Gasteiger partial charge in [-0.05, 0) is 25.1 Å². The van der Waals surface area contributed by atoms with Crippen molar-refractivity contribution in [3.8, 4) is 0 Å². The van der Waals surface area contributed by atoms with Crippen LogP contribution in [-0.2, 0) is 4.79 Å². The fraction of sp³-hybridized carbons (Fsp3) is 0.250. The Hall–Kier alpha value is -1.77. The van der Waals surface area contributed by atoms with E-state index < -0.39 is 0 Å². The Morgan fingerprint density at radius 3 is 2.73 bits per heavy atom. The van der Waals surface area contributed by atoms with E-state index in [1.807, 2.05) is 31.2 Å². The Kier molecular flexibility index (Phi) is 3.14. The minimum atomic E-state index is -0.0763. The van der Waals surface area contributed by atoms with E-state index >= 15 is 0 Å². The molecule has 80 valence electrons. The molecule has 0 aliphatic carbocycles. The van der Waals surface area contributed by atoms with Crippen LogP contribution in [-0.4, -0.2) is 5.91 Å². The third kappa shape index (κ3) is 2.37. The molecule has 1 N–H and O–H groups in total. The maximum atomic E-state index is 10.8. The molecule has 15 heavy (non-hydrogen) atoms. The lowest BCUT2D eigenvalue weighted by atomic mass is 10.2. The quantitative estimate of drug-likeness (QED) is 0.775. The van der Waals surface area contributed by atoms with Gasteiger partial charge >= 0.3 is 0 Å². The number of benzene rings is 1. The Labute approximate surface area is 89.1 Å². The van der Waals surface area contributed by atoms with E-state index in [9.17, 15) is 4.79 Å². The number of amides is 1. The third-order valence-corrected chi connectivity index (χ3v) is 1.96. The number of fused-ring (bicyclic) bond motifs is 1. The normalized spacial score (nSPS) is 9.73. The van der Waals surface area contributed by atoms with Crippen LogP contribution in [0.3, 0.4) is 0 Å². The second-order valence-electron chi connectivity index (χ2n) is 3.29. The Balaban J connectivity index is 0.00000112. The van der Waals surface area contributed by atoms with E-state index in [0.717, 1.165) is 22.4 Å². The first kappa shape index (κ1) is 11.3. The summed E-state index contributed by atoms with van der Waals surface area (Å²) < 4.78 is 5.44. The molecule has 0 aliphatic heterocycles. The fourth-order valence-electron chi connectivity index (χ4n) is 1.44. The van der Waals surface area contributed by atoms with E-state index in [4.69, 9.17) is 4.42 Å². The molecule has 0 fully saturated rings. The minimum absolute atomic E-state index is 0. The van der Waals surface area contributed by atoms with Gasteiger partial charge in [-0.25, -0.2) is 0 Å². The minimum Gasteiger partial charge on any atom is -0.461 e. The highest BCUT2D eigenvalue weighted by atomic mass is 16.3. The molecule has 0 unspecified atom stereocenters. The van der Waals surface area contributed by atoms with Gasteiger partial charge in [0.15, 0.2) is 0 Å².